The standard InChI is InChI=1S/C14H15N5O3S/c1-6-17-18-14(23-6)16-13(22)15-5-19-11(20)9-7-2-3-8(4-7)10(9)12(19)21/h2-3,7-10H,4-5H2,1H3,(H2,15,16,18,22)/t7-,8-,9-,10+/m0/s1. The van der Waals surface area contributed by atoms with Crippen LogP contribution in [0, 0.1) is 30.6 Å². The lowest BCUT2D eigenvalue weighted by Gasteiger charge is -2.17. The van der Waals surface area contributed by atoms with Gasteiger partial charge in [0.05, 0.1) is 11.8 Å². The summed E-state index contributed by atoms with van der Waals surface area (Å²) in [6.45, 7) is 1.66. The fraction of sp³-hybridized carbons (Fsp3) is 0.500. The molecule has 2 heterocycles. The van der Waals surface area contributed by atoms with E-state index in [0.29, 0.717) is 5.13 Å². The van der Waals surface area contributed by atoms with E-state index in [1.165, 1.54) is 11.3 Å². The normalized spacial score (nSPS) is 30.9. The molecule has 1 aromatic rings. The van der Waals surface area contributed by atoms with Crippen molar-refractivity contribution in [2.45, 2.75) is 13.3 Å². The van der Waals surface area contributed by atoms with Crippen LogP contribution >= 0.6 is 11.3 Å². The van der Waals surface area contributed by atoms with Gasteiger partial charge in [-0.1, -0.05) is 23.5 Å². The lowest BCUT2D eigenvalue weighted by molar-refractivity contribution is -0.140. The molecule has 4 rings (SSSR count). The Morgan fingerprint density at radius 1 is 1.26 bits per heavy atom. The predicted molar refractivity (Wildman–Crippen MR) is 81.2 cm³/mol. The molecule has 8 nitrogen and oxygen atoms in total. The van der Waals surface area contributed by atoms with Crippen LogP contribution < -0.4 is 10.6 Å². The Bertz CT molecular complexity index is 700. The Morgan fingerprint density at radius 2 is 1.91 bits per heavy atom. The van der Waals surface area contributed by atoms with E-state index in [4.69, 9.17) is 0 Å². The Kier molecular flexibility index (Phi) is 3.19. The molecule has 2 aliphatic carbocycles. The van der Waals surface area contributed by atoms with Crippen LogP contribution in [0.15, 0.2) is 12.2 Å². The highest BCUT2D eigenvalue weighted by molar-refractivity contribution is 7.15. The first-order valence-corrected chi connectivity index (χ1v) is 8.25. The monoisotopic (exact) mass is 333 g/mol. The molecule has 0 spiro atoms. The molecule has 0 aromatic carbocycles. The van der Waals surface area contributed by atoms with Crippen molar-refractivity contribution in [2.24, 2.45) is 23.7 Å². The fourth-order valence-corrected chi connectivity index (χ4v) is 4.35. The third kappa shape index (κ3) is 2.23. The zero-order valence-electron chi connectivity index (χ0n) is 12.4. The van der Waals surface area contributed by atoms with Gasteiger partial charge in [-0.3, -0.25) is 19.8 Å². The third-order valence-corrected chi connectivity index (χ3v) is 5.46. The number of aromatic nitrogens is 2. The second kappa shape index (κ2) is 5.12. The molecule has 0 radical (unpaired) electrons. The van der Waals surface area contributed by atoms with Gasteiger partial charge in [-0.15, -0.1) is 10.2 Å². The van der Waals surface area contributed by atoms with Gasteiger partial charge in [0, 0.05) is 0 Å². The Labute approximate surface area is 135 Å². The molecular weight excluding hydrogens is 318 g/mol. The van der Waals surface area contributed by atoms with E-state index in [-0.39, 0.29) is 42.2 Å². The van der Waals surface area contributed by atoms with Crippen molar-refractivity contribution in [2.75, 3.05) is 12.0 Å². The van der Waals surface area contributed by atoms with Crippen LogP contribution in [0.25, 0.3) is 0 Å². The summed E-state index contributed by atoms with van der Waals surface area (Å²) in [6.07, 6.45) is 4.97. The first kappa shape index (κ1) is 14.3. The van der Waals surface area contributed by atoms with Crippen LogP contribution in [0.5, 0.6) is 0 Å². The van der Waals surface area contributed by atoms with Gasteiger partial charge in [-0.05, 0) is 25.2 Å². The number of carbonyl (C=O) groups excluding carboxylic acids is 3. The van der Waals surface area contributed by atoms with Crippen LogP contribution in [-0.4, -0.2) is 39.6 Å². The number of likely N-dealkylation sites (tertiary alicyclic amines) is 1. The summed E-state index contributed by atoms with van der Waals surface area (Å²) >= 11 is 1.25. The van der Waals surface area contributed by atoms with Crippen molar-refractivity contribution in [1.82, 2.24) is 20.4 Å². The predicted octanol–water partition coefficient (Wildman–Crippen LogP) is 0.733. The highest BCUT2D eigenvalue weighted by Gasteiger charge is 2.59. The maximum absolute atomic E-state index is 12.4. The SMILES string of the molecule is Cc1nnc(NC(=O)NCN2C(=O)[C@@H]3[C@H](C2=O)[C@H]2C=C[C@H]3C2)s1. The number of allylic oxidation sites excluding steroid dienone is 2. The summed E-state index contributed by atoms with van der Waals surface area (Å²) in [5, 5.41) is 13.8. The summed E-state index contributed by atoms with van der Waals surface area (Å²) in [6, 6.07) is -0.514. The fourth-order valence-electron chi connectivity index (χ4n) is 3.76. The largest absolute Gasteiger partial charge is 0.322 e. The number of hydrogen-bond donors (Lipinski definition) is 2. The molecular formula is C14H15N5O3S. The van der Waals surface area contributed by atoms with Gasteiger partial charge in [-0.2, -0.15) is 0 Å². The van der Waals surface area contributed by atoms with Gasteiger partial charge in [0.15, 0.2) is 0 Å². The highest BCUT2D eigenvalue weighted by Crippen LogP contribution is 2.52. The number of imide groups is 1. The Hall–Kier alpha value is -2.29. The quantitative estimate of drug-likeness (QED) is 0.627. The van der Waals surface area contributed by atoms with Crippen LogP contribution in [0.1, 0.15) is 11.4 Å². The van der Waals surface area contributed by atoms with Gasteiger partial charge in [0.25, 0.3) is 0 Å². The number of aryl methyl sites for hydroxylation is 1. The topological polar surface area (TPSA) is 104 Å². The van der Waals surface area contributed by atoms with Crippen molar-refractivity contribution in [1.29, 1.82) is 0 Å². The van der Waals surface area contributed by atoms with Crippen LogP contribution in [0.2, 0.25) is 0 Å². The summed E-state index contributed by atoms with van der Waals surface area (Å²) in [7, 11) is 0. The van der Waals surface area contributed by atoms with E-state index in [1.807, 2.05) is 12.2 Å². The Balaban J connectivity index is 1.37. The van der Waals surface area contributed by atoms with Crippen molar-refractivity contribution in [3.63, 3.8) is 0 Å². The minimum absolute atomic E-state index is 0.117. The third-order valence-electron chi connectivity index (χ3n) is 4.71. The van der Waals surface area contributed by atoms with Gasteiger partial charge in [0.1, 0.15) is 11.7 Å². The van der Waals surface area contributed by atoms with Gasteiger partial charge in [0.2, 0.25) is 16.9 Å². The molecule has 2 fully saturated rings. The van der Waals surface area contributed by atoms with E-state index in [9.17, 15) is 14.4 Å². The average Bonchev–Trinajstić information content (AvgIpc) is 3.25. The van der Waals surface area contributed by atoms with Crippen molar-refractivity contribution >= 4 is 34.3 Å². The molecule has 2 N–H and O–H groups in total. The molecule has 2 bridgehead atoms. The minimum Gasteiger partial charge on any atom is -0.320 e. The molecule has 120 valence electrons. The highest BCUT2D eigenvalue weighted by atomic mass is 32.1. The molecule has 4 atom stereocenters. The number of urea groups is 1. The molecule has 0 unspecified atom stereocenters. The Morgan fingerprint density at radius 3 is 2.48 bits per heavy atom. The van der Waals surface area contributed by atoms with Crippen molar-refractivity contribution in [3.8, 4) is 0 Å². The second-order valence-electron chi connectivity index (χ2n) is 6.02. The van der Waals surface area contributed by atoms with Gasteiger partial charge < -0.3 is 5.32 Å². The van der Waals surface area contributed by atoms with Crippen molar-refractivity contribution < 1.29 is 14.4 Å². The first-order chi connectivity index (χ1) is 11.0. The lowest BCUT2D eigenvalue weighted by Crippen LogP contribution is -2.43. The molecule has 3 aliphatic rings. The molecule has 9 heteroatoms. The van der Waals surface area contributed by atoms with E-state index in [0.717, 1.165) is 16.3 Å². The number of fused-ring (bicyclic) bond motifs is 5. The van der Waals surface area contributed by atoms with Crippen LogP contribution in [0.3, 0.4) is 0 Å². The minimum atomic E-state index is -0.514. The zero-order chi connectivity index (χ0) is 16.1. The summed E-state index contributed by atoms with van der Waals surface area (Å²) in [5.74, 6) is -0.497. The first-order valence-electron chi connectivity index (χ1n) is 7.43. The molecule has 4 amide bonds. The molecule has 1 aromatic heterocycles. The van der Waals surface area contributed by atoms with E-state index in [1.54, 1.807) is 6.92 Å². The second-order valence-corrected chi connectivity index (χ2v) is 7.20. The van der Waals surface area contributed by atoms with Crippen LogP contribution in [-0.2, 0) is 9.59 Å². The van der Waals surface area contributed by atoms with Crippen LogP contribution in [0.4, 0.5) is 9.93 Å². The van der Waals surface area contributed by atoms with Gasteiger partial charge >= 0.3 is 6.03 Å². The van der Waals surface area contributed by atoms with Gasteiger partial charge in [-0.25, -0.2) is 4.79 Å². The van der Waals surface area contributed by atoms with E-state index < -0.39 is 6.03 Å². The number of carbonyl (C=O) groups is 3. The lowest BCUT2D eigenvalue weighted by atomic mass is 9.85. The number of hydrogen-bond acceptors (Lipinski definition) is 6. The maximum Gasteiger partial charge on any atom is 0.322 e. The number of nitrogens with one attached hydrogen (secondary N) is 2. The van der Waals surface area contributed by atoms with E-state index in [2.05, 4.69) is 20.8 Å². The number of nitrogens with zero attached hydrogens (tertiary/aromatic N) is 3. The summed E-state index contributed by atoms with van der Waals surface area (Å²) in [5.41, 5.74) is 0. The summed E-state index contributed by atoms with van der Waals surface area (Å²) in [4.78, 5) is 37.9. The van der Waals surface area contributed by atoms with E-state index >= 15 is 0 Å². The molecule has 1 saturated heterocycles. The van der Waals surface area contributed by atoms with Crippen molar-refractivity contribution in [3.05, 3.63) is 17.2 Å². The number of amides is 4. The average molecular weight is 333 g/mol. The smallest absolute Gasteiger partial charge is 0.320 e. The zero-order valence-corrected chi connectivity index (χ0v) is 13.2. The number of rotatable bonds is 3. The molecule has 1 saturated carbocycles. The molecule has 23 heavy (non-hydrogen) atoms. The maximum atomic E-state index is 12.4. The summed E-state index contributed by atoms with van der Waals surface area (Å²) < 4.78 is 0. The molecule has 1 aliphatic heterocycles. The number of anilines is 1.